The van der Waals surface area contributed by atoms with Crippen LogP contribution in [0, 0.1) is 13.8 Å². The molecule has 0 aliphatic carbocycles. The van der Waals surface area contributed by atoms with Gasteiger partial charge < -0.3 is 15.6 Å². The number of phenols is 1. The number of nitrogens with zero attached hydrogens (tertiary/aromatic N) is 1. The number of carbonyl (C=O) groups is 1. The molecule has 0 radical (unpaired) electrons. The van der Waals surface area contributed by atoms with Gasteiger partial charge in [-0.1, -0.05) is 0 Å². The van der Waals surface area contributed by atoms with Gasteiger partial charge in [-0.2, -0.15) is 0 Å². The standard InChI is InChI=1S/C15H16N2O3S/c1-8-9(2)21-15(13(8)14(16)19)17-7-10-4-5-12(20-3)11(18)6-10/h4-7,18H,1-3H3,(H2,16,19). The van der Waals surface area contributed by atoms with Gasteiger partial charge in [0.1, 0.15) is 5.00 Å². The number of methoxy groups -OCH3 is 1. The van der Waals surface area contributed by atoms with E-state index in [0.717, 1.165) is 10.4 Å². The molecule has 0 aliphatic rings. The Morgan fingerprint density at radius 1 is 1.43 bits per heavy atom. The second kappa shape index (κ2) is 5.97. The Morgan fingerprint density at radius 2 is 2.14 bits per heavy atom. The van der Waals surface area contributed by atoms with E-state index in [0.29, 0.717) is 21.9 Å². The van der Waals surface area contributed by atoms with Gasteiger partial charge in [0, 0.05) is 11.1 Å². The van der Waals surface area contributed by atoms with E-state index in [-0.39, 0.29) is 5.75 Å². The molecular weight excluding hydrogens is 288 g/mol. The molecule has 1 aromatic carbocycles. The molecule has 3 N–H and O–H groups in total. The molecule has 0 spiro atoms. The zero-order valence-corrected chi connectivity index (χ0v) is 12.8. The predicted molar refractivity (Wildman–Crippen MR) is 84.2 cm³/mol. The Hall–Kier alpha value is -2.34. The van der Waals surface area contributed by atoms with E-state index in [1.165, 1.54) is 18.4 Å². The number of hydrogen-bond donors (Lipinski definition) is 2. The Labute approximate surface area is 126 Å². The molecule has 0 saturated carbocycles. The van der Waals surface area contributed by atoms with Crippen molar-refractivity contribution in [1.82, 2.24) is 0 Å². The summed E-state index contributed by atoms with van der Waals surface area (Å²) in [6.07, 6.45) is 1.58. The molecule has 0 bridgehead atoms. The lowest BCUT2D eigenvalue weighted by molar-refractivity contribution is 0.100. The smallest absolute Gasteiger partial charge is 0.252 e. The van der Waals surface area contributed by atoms with Gasteiger partial charge in [-0.3, -0.25) is 4.79 Å². The van der Waals surface area contributed by atoms with Crippen LogP contribution in [0.2, 0.25) is 0 Å². The van der Waals surface area contributed by atoms with Crippen LogP contribution in [-0.2, 0) is 0 Å². The number of nitrogens with two attached hydrogens (primary N) is 1. The predicted octanol–water partition coefficient (Wildman–Crippen LogP) is 2.93. The van der Waals surface area contributed by atoms with E-state index in [4.69, 9.17) is 10.5 Å². The molecule has 0 saturated heterocycles. The second-order valence-corrected chi connectivity index (χ2v) is 5.72. The van der Waals surface area contributed by atoms with Gasteiger partial charge >= 0.3 is 0 Å². The molecule has 110 valence electrons. The Kier molecular flexibility index (Phi) is 4.28. The number of aryl methyl sites for hydroxylation is 1. The molecule has 1 amide bonds. The fourth-order valence-electron chi connectivity index (χ4n) is 1.91. The lowest BCUT2D eigenvalue weighted by Crippen LogP contribution is -2.11. The van der Waals surface area contributed by atoms with Crippen LogP contribution in [0.3, 0.4) is 0 Å². The molecule has 21 heavy (non-hydrogen) atoms. The average Bonchev–Trinajstić information content (AvgIpc) is 2.72. The molecule has 1 aromatic heterocycles. The van der Waals surface area contributed by atoms with Gasteiger partial charge in [0.15, 0.2) is 11.5 Å². The molecule has 1 heterocycles. The highest BCUT2D eigenvalue weighted by atomic mass is 32.1. The van der Waals surface area contributed by atoms with Crippen molar-refractivity contribution < 1.29 is 14.6 Å². The van der Waals surface area contributed by atoms with E-state index in [1.54, 1.807) is 24.4 Å². The summed E-state index contributed by atoms with van der Waals surface area (Å²) in [6, 6.07) is 4.95. The third-order valence-electron chi connectivity index (χ3n) is 3.15. The summed E-state index contributed by atoms with van der Waals surface area (Å²) in [4.78, 5) is 16.8. The van der Waals surface area contributed by atoms with Crippen LogP contribution in [0.5, 0.6) is 11.5 Å². The highest BCUT2D eigenvalue weighted by molar-refractivity contribution is 7.16. The van der Waals surface area contributed by atoms with Crippen LogP contribution in [0.25, 0.3) is 0 Å². The summed E-state index contributed by atoms with van der Waals surface area (Å²) in [5.74, 6) is -0.0514. The fourth-order valence-corrected chi connectivity index (χ4v) is 2.92. The number of benzene rings is 1. The van der Waals surface area contributed by atoms with E-state index in [2.05, 4.69) is 4.99 Å². The van der Waals surface area contributed by atoms with E-state index >= 15 is 0 Å². The highest BCUT2D eigenvalue weighted by Gasteiger charge is 2.16. The second-order valence-electron chi connectivity index (χ2n) is 4.52. The molecular formula is C15H16N2O3S. The van der Waals surface area contributed by atoms with Crippen LogP contribution >= 0.6 is 11.3 Å². The highest BCUT2D eigenvalue weighted by Crippen LogP contribution is 2.34. The number of aliphatic imine (C=N–C) groups is 1. The first-order valence-electron chi connectivity index (χ1n) is 6.25. The molecule has 6 heteroatoms. The first-order valence-corrected chi connectivity index (χ1v) is 7.06. The third-order valence-corrected chi connectivity index (χ3v) is 4.26. The number of phenolic OH excluding ortho intramolecular Hbond substituents is 1. The number of primary amides is 1. The van der Waals surface area contributed by atoms with Crippen molar-refractivity contribution in [2.75, 3.05) is 7.11 Å². The third kappa shape index (κ3) is 3.05. The summed E-state index contributed by atoms with van der Waals surface area (Å²) < 4.78 is 4.98. The van der Waals surface area contributed by atoms with Gasteiger partial charge in [0.05, 0.1) is 12.7 Å². The maximum absolute atomic E-state index is 11.5. The summed E-state index contributed by atoms with van der Waals surface area (Å²) in [5.41, 5.74) is 7.41. The quantitative estimate of drug-likeness (QED) is 0.852. The number of carbonyl (C=O) groups excluding carboxylic acids is 1. The lowest BCUT2D eigenvalue weighted by atomic mass is 10.1. The molecule has 0 atom stereocenters. The normalized spacial score (nSPS) is 11.0. The summed E-state index contributed by atoms with van der Waals surface area (Å²) in [7, 11) is 1.49. The lowest BCUT2D eigenvalue weighted by Gasteiger charge is -2.03. The molecule has 2 aromatic rings. The average molecular weight is 304 g/mol. The zero-order chi connectivity index (χ0) is 15.6. The van der Waals surface area contributed by atoms with Crippen molar-refractivity contribution in [2.24, 2.45) is 10.7 Å². The number of hydrogen-bond acceptors (Lipinski definition) is 5. The van der Waals surface area contributed by atoms with Crippen LogP contribution < -0.4 is 10.5 Å². The topological polar surface area (TPSA) is 84.9 Å². The Morgan fingerprint density at radius 3 is 2.71 bits per heavy atom. The number of rotatable bonds is 4. The number of amides is 1. The first kappa shape index (κ1) is 15.1. The fraction of sp³-hybridized carbons (Fsp3) is 0.200. The zero-order valence-electron chi connectivity index (χ0n) is 12.0. The molecule has 0 aliphatic heterocycles. The van der Waals surface area contributed by atoms with Crippen LogP contribution in [0.1, 0.15) is 26.4 Å². The van der Waals surface area contributed by atoms with Crippen molar-refractivity contribution in [3.8, 4) is 11.5 Å². The first-order chi connectivity index (χ1) is 9.93. The number of aromatic hydroxyl groups is 1. The van der Waals surface area contributed by atoms with Crippen molar-refractivity contribution in [3.63, 3.8) is 0 Å². The van der Waals surface area contributed by atoms with Crippen molar-refractivity contribution in [1.29, 1.82) is 0 Å². The summed E-state index contributed by atoms with van der Waals surface area (Å²) >= 11 is 1.41. The molecule has 2 rings (SSSR count). The van der Waals surface area contributed by atoms with Crippen molar-refractivity contribution >= 4 is 28.5 Å². The minimum Gasteiger partial charge on any atom is -0.504 e. The van der Waals surface area contributed by atoms with Gasteiger partial charge in [-0.15, -0.1) is 11.3 Å². The van der Waals surface area contributed by atoms with Gasteiger partial charge in [-0.25, -0.2) is 4.99 Å². The molecule has 0 fully saturated rings. The maximum Gasteiger partial charge on any atom is 0.252 e. The maximum atomic E-state index is 11.5. The number of ether oxygens (including phenoxy) is 1. The minimum absolute atomic E-state index is 0.0371. The van der Waals surface area contributed by atoms with Crippen LogP contribution in [-0.4, -0.2) is 24.3 Å². The summed E-state index contributed by atoms with van der Waals surface area (Å²) in [5, 5.41) is 10.3. The molecule has 5 nitrogen and oxygen atoms in total. The number of thiophene rings is 1. The molecule has 0 unspecified atom stereocenters. The SMILES string of the molecule is COc1ccc(C=Nc2sc(C)c(C)c2C(N)=O)cc1O. The van der Waals surface area contributed by atoms with Crippen molar-refractivity contribution in [2.45, 2.75) is 13.8 Å². The monoisotopic (exact) mass is 304 g/mol. The Bertz CT molecular complexity index is 720. The largest absolute Gasteiger partial charge is 0.504 e. The minimum atomic E-state index is -0.485. The van der Waals surface area contributed by atoms with Gasteiger partial charge in [0.2, 0.25) is 0 Å². The van der Waals surface area contributed by atoms with E-state index in [1.807, 2.05) is 13.8 Å². The van der Waals surface area contributed by atoms with Crippen molar-refractivity contribution in [3.05, 3.63) is 39.8 Å². The van der Waals surface area contributed by atoms with Crippen LogP contribution in [0.15, 0.2) is 23.2 Å². The summed E-state index contributed by atoms with van der Waals surface area (Å²) in [6.45, 7) is 3.77. The van der Waals surface area contributed by atoms with Gasteiger partial charge in [0.25, 0.3) is 5.91 Å². The van der Waals surface area contributed by atoms with Gasteiger partial charge in [-0.05, 0) is 43.2 Å². The Balaban J connectivity index is 2.36. The van der Waals surface area contributed by atoms with E-state index < -0.39 is 5.91 Å². The van der Waals surface area contributed by atoms with Crippen LogP contribution in [0.4, 0.5) is 5.00 Å². The van der Waals surface area contributed by atoms with E-state index in [9.17, 15) is 9.90 Å².